The number of aryl methyl sites for hydroxylation is 1. The first-order chi connectivity index (χ1) is 12.9. The van der Waals surface area contributed by atoms with Crippen molar-refractivity contribution in [3.63, 3.8) is 0 Å². The van der Waals surface area contributed by atoms with Crippen molar-refractivity contribution >= 4 is 11.3 Å². The molecule has 3 aromatic heterocycles. The summed E-state index contributed by atoms with van der Waals surface area (Å²) in [6.45, 7) is -0.460. The zero-order valence-corrected chi connectivity index (χ0v) is 15.2. The van der Waals surface area contributed by atoms with Gasteiger partial charge in [0.1, 0.15) is 6.33 Å². The van der Waals surface area contributed by atoms with Gasteiger partial charge in [-0.3, -0.25) is 9.36 Å². The lowest BCUT2D eigenvalue weighted by Crippen LogP contribution is -2.27. The monoisotopic (exact) mass is 393 g/mol. The van der Waals surface area contributed by atoms with Gasteiger partial charge >= 0.3 is 5.69 Å². The lowest BCUT2D eigenvalue weighted by Gasteiger charge is -2.02. The summed E-state index contributed by atoms with van der Waals surface area (Å²) in [5.41, 5.74) is 5.66. The summed E-state index contributed by atoms with van der Waals surface area (Å²) in [5.74, 6) is 0. The molecule has 0 radical (unpaired) electrons. The van der Waals surface area contributed by atoms with Crippen LogP contribution in [0.5, 0.6) is 0 Å². The fourth-order valence-corrected chi connectivity index (χ4v) is 3.44. The van der Waals surface area contributed by atoms with Crippen molar-refractivity contribution in [1.82, 2.24) is 18.9 Å². The summed E-state index contributed by atoms with van der Waals surface area (Å²) < 4.78 is 29.2. The highest BCUT2D eigenvalue weighted by Crippen LogP contribution is 2.23. The molecule has 0 aliphatic rings. The van der Waals surface area contributed by atoms with Gasteiger partial charge in [-0.1, -0.05) is 0 Å². The number of hydrogen-bond acceptors (Lipinski definition) is 5. The van der Waals surface area contributed by atoms with Crippen molar-refractivity contribution in [3.05, 3.63) is 73.5 Å². The fourth-order valence-electron chi connectivity index (χ4n) is 2.56. The van der Waals surface area contributed by atoms with Gasteiger partial charge in [-0.15, -0.1) is 11.3 Å². The van der Waals surface area contributed by atoms with Crippen molar-refractivity contribution in [2.75, 3.05) is 6.54 Å². The average Bonchev–Trinajstić information content (AvgIpc) is 3.23. The van der Waals surface area contributed by atoms with E-state index in [0.717, 1.165) is 15.1 Å². The minimum atomic E-state index is -1.90. The molecule has 0 spiro atoms. The Bertz CT molecular complexity index is 1100. The number of aromatic nitrogens is 4. The molecule has 0 aromatic carbocycles. The normalized spacial score (nSPS) is 11.0. The number of halogens is 2. The van der Waals surface area contributed by atoms with Crippen molar-refractivity contribution in [2.45, 2.75) is 13.1 Å². The van der Waals surface area contributed by atoms with Crippen LogP contribution in [0, 0.1) is 0 Å². The Morgan fingerprint density at radius 1 is 1.33 bits per heavy atom. The maximum atomic E-state index is 12.7. The van der Waals surface area contributed by atoms with Crippen LogP contribution in [0.3, 0.4) is 0 Å². The van der Waals surface area contributed by atoms with Crippen LogP contribution in [-0.4, -0.2) is 25.5 Å². The van der Waals surface area contributed by atoms with Crippen molar-refractivity contribution in [2.24, 2.45) is 12.8 Å². The number of rotatable bonds is 6. The lowest BCUT2D eigenvalue weighted by atomic mass is 10.1. The highest BCUT2D eigenvalue weighted by molar-refractivity contribution is 7.10. The Balaban J connectivity index is 1.83. The zero-order valence-electron chi connectivity index (χ0n) is 14.4. The molecule has 0 amide bonds. The maximum Gasteiger partial charge on any atom is 0.346 e. The van der Waals surface area contributed by atoms with Crippen LogP contribution in [-0.2, 0) is 20.1 Å². The Morgan fingerprint density at radius 2 is 2.11 bits per heavy atom. The highest BCUT2D eigenvalue weighted by atomic mass is 32.1. The molecule has 10 heteroatoms. The fraction of sp³-hybridized carbons (Fsp3) is 0.235. The molecule has 27 heavy (non-hydrogen) atoms. The third kappa shape index (κ3) is 3.96. The predicted molar refractivity (Wildman–Crippen MR) is 98.9 cm³/mol. The first-order valence-corrected chi connectivity index (χ1v) is 8.87. The molecule has 2 N–H and O–H groups in total. The minimum absolute atomic E-state index is 0.110. The van der Waals surface area contributed by atoms with Crippen LogP contribution in [0.4, 0.5) is 8.78 Å². The van der Waals surface area contributed by atoms with Gasteiger partial charge in [0, 0.05) is 35.8 Å². The van der Waals surface area contributed by atoms with Crippen molar-refractivity contribution in [3.8, 4) is 11.1 Å². The predicted octanol–water partition coefficient (Wildman–Crippen LogP) is 1.63. The first-order valence-electron chi connectivity index (χ1n) is 7.99. The highest BCUT2D eigenvalue weighted by Gasteiger charge is 2.12. The summed E-state index contributed by atoms with van der Waals surface area (Å²) in [6, 6.07) is 5.36. The van der Waals surface area contributed by atoms with Gasteiger partial charge in [-0.2, -0.15) is 13.9 Å². The number of thiophene rings is 1. The van der Waals surface area contributed by atoms with Gasteiger partial charge in [-0.05, 0) is 29.1 Å². The number of nitrogens with two attached hydrogens (primary N) is 1. The molecule has 0 atom stereocenters. The van der Waals surface area contributed by atoms with Gasteiger partial charge in [-0.25, -0.2) is 9.48 Å². The molecular formula is C17H17F2N5O2S. The van der Waals surface area contributed by atoms with E-state index >= 15 is 0 Å². The smallest absolute Gasteiger partial charge is 0.327 e. The van der Waals surface area contributed by atoms with E-state index in [1.807, 2.05) is 11.4 Å². The first kappa shape index (κ1) is 18.9. The van der Waals surface area contributed by atoms with Gasteiger partial charge in [0.15, 0.2) is 0 Å². The Hall–Kier alpha value is -2.85. The number of nitrogens with zero attached hydrogens (tertiary/aromatic N) is 4. The van der Waals surface area contributed by atoms with Crippen LogP contribution in [0.1, 0.15) is 4.88 Å². The standard InChI is InChI=1S/C17H17F2N5O2S/c1-22-4-2-3-14(16(22)25)11-5-13(27-9-11)8-23-10-21-24(17(23)26)7-12(6-20)15(18)19/h2-5,9-10H,6-8,20H2,1H3. The molecule has 0 unspecified atom stereocenters. The molecule has 7 nitrogen and oxygen atoms in total. The third-order valence-corrected chi connectivity index (χ3v) is 4.99. The van der Waals surface area contributed by atoms with Gasteiger partial charge < -0.3 is 10.3 Å². The summed E-state index contributed by atoms with van der Waals surface area (Å²) in [6.07, 6.45) is 1.08. The van der Waals surface area contributed by atoms with E-state index < -0.39 is 11.8 Å². The number of pyridine rings is 1. The quantitative estimate of drug-likeness (QED) is 0.690. The SMILES string of the molecule is Cn1cccc(-c2csc(Cn3cnn(CC(CN)=C(F)F)c3=O)c2)c1=O. The molecule has 0 saturated heterocycles. The topological polar surface area (TPSA) is 87.8 Å². The lowest BCUT2D eigenvalue weighted by molar-refractivity contribution is 0.400. The van der Waals surface area contributed by atoms with E-state index in [1.165, 1.54) is 26.8 Å². The van der Waals surface area contributed by atoms with Crippen LogP contribution in [0.2, 0.25) is 0 Å². The Labute approximate surface area is 156 Å². The third-order valence-electron chi connectivity index (χ3n) is 4.07. The van der Waals surface area contributed by atoms with Crippen molar-refractivity contribution < 1.29 is 8.78 Å². The second-order valence-corrected chi connectivity index (χ2v) is 6.90. The summed E-state index contributed by atoms with van der Waals surface area (Å²) in [4.78, 5) is 25.4. The summed E-state index contributed by atoms with van der Waals surface area (Å²) in [5, 5.41) is 5.71. The molecule has 142 valence electrons. The molecule has 3 rings (SSSR count). The molecule has 3 heterocycles. The molecule has 0 fully saturated rings. The van der Waals surface area contributed by atoms with Crippen LogP contribution < -0.4 is 17.0 Å². The van der Waals surface area contributed by atoms with E-state index in [-0.39, 0.29) is 30.8 Å². The second kappa shape index (κ2) is 7.80. The molecule has 0 saturated carbocycles. The summed E-state index contributed by atoms with van der Waals surface area (Å²) in [7, 11) is 1.68. The van der Waals surface area contributed by atoms with Crippen LogP contribution >= 0.6 is 11.3 Å². The molecule has 0 bridgehead atoms. The Kier molecular flexibility index (Phi) is 5.47. The minimum Gasteiger partial charge on any atom is -0.327 e. The molecule has 3 aromatic rings. The van der Waals surface area contributed by atoms with Gasteiger partial charge in [0.05, 0.1) is 13.1 Å². The van der Waals surface area contributed by atoms with E-state index in [4.69, 9.17) is 5.73 Å². The van der Waals surface area contributed by atoms with E-state index in [0.29, 0.717) is 5.56 Å². The van der Waals surface area contributed by atoms with E-state index in [9.17, 15) is 18.4 Å². The summed E-state index contributed by atoms with van der Waals surface area (Å²) >= 11 is 1.40. The second-order valence-electron chi connectivity index (χ2n) is 5.91. The van der Waals surface area contributed by atoms with Crippen molar-refractivity contribution in [1.29, 1.82) is 0 Å². The van der Waals surface area contributed by atoms with Crippen LogP contribution in [0.25, 0.3) is 11.1 Å². The zero-order chi connectivity index (χ0) is 19.6. The average molecular weight is 393 g/mol. The van der Waals surface area contributed by atoms with Gasteiger partial charge in [0.2, 0.25) is 0 Å². The maximum absolute atomic E-state index is 12.7. The largest absolute Gasteiger partial charge is 0.346 e. The molecular weight excluding hydrogens is 376 g/mol. The van der Waals surface area contributed by atoms with E-state index in [1.54, 1.807) is 25.4 Å². The number of hydrogen-bond donors (Lipinski definition) is 1. The Morgan fingerprint density at radius 3 is 2.81 bits per heavy atom. The molecule has 0 aliphatic heterocycles. The van der Waals surface area contributed by atoms with E-state index in [2.05, 4.69) is 5.10 Å². The molecule has 0 aliphatic carbocycles. The van der Waals surface area contributed by atoms with Crippen LogP contribution in [0.15, 0.2) is 57.3 Å². The van der Waals surface area contributed by atoms with Gasteiger partial charge in [0.25, 0.3) is 11.6 Å².